The third kappa shape index (κ3) is 4.29. The number of methoxy groups -OCH3 is 1. The molecule has 0 radical (unpaired) electrons. The fourth-order valence-corrected chi connectivity index (χ4v) is 6.63. The number of para-hydroxylation sites is 1. The number of aromatic nitrogens is 2. The molecule has 216 valence electrons. The van der Waals surface area contributed by atoms with Crippen LogP contribution in [0.25, 0.3) is 32.8 Å². The second-order valence-electron chi connectivity index (χ2n) is 11.5. The highest BCUT2D eigenvalue weighted by Gasteiger charge is 2.54. The van der Waals surface area contributed by atoms with E-state index in [1.165, 1.54) is 17.1 Å². The summed E-state index contributed by atoms with van der Waals surface area (Å²) < 4.78 is 7.46. The van der Waals surface area contributed by atoms with Crippen LogP contribution < -0.4 is 10.1 Å². The van der Waals surface area contributed by atoms with E-state index in [0.717, 1.165) is 62.8 Å². The lowest BCUT2D eigenvalue weighted by molar-refractivity contribution is -0.142. The molecule has 0 saturated carbocycles. The number of fused-ring (bicyclic) bond motifs is 3. The molecule has 1 atom stereocenters. The molecule has 0 bridgehead atoms. The molecule has 0 spiro atoms. The molecule has 0 fully saturated rings. The predicted octanol–water partition coefficient (Wildman–Crippen LogP) is 5.41. The van der Waals surface area contributed by atoms with E-state index in [4.69, 9.17) is 9.84 Å². The average Bonchev–Trinajstić information content (AvgIpc) is 3.70. The Morgan fingerprint density at radius 2 is 1.70 bits per heavy atom. The van der Waals surface area contributed by atoms with Crippen molar-refractivity contribution in [3.05, 3.63) is 102 Å². The van der Waals surface area contributed by atoms with Crippen LogP contribution in [0.3, 0.4) is 0 Å². The predicted molar refractivity (Wildman–Crippen MR) is 169 cm³/mol. The topological polar surface area (TPSA) is 79.7 Å². The van der Waals surface area contributed by atoms with Gasteiger partial charge in [-0.3, -0.25) is 19.2 Å². The molecule has 1 N–H and O–H groups in total. The second-order valence-corrected chi connectivity index (χ2v) is 11.5. The molecule has 43 heavy (non-hydrogen) atoms. The van der Waals surface area contributed by atoms with Crippen molar-refractivity contribution in [1.29, 1.82) is 0 Å². The quantitative estimate of drug-likeness (QED) is 0.251. The second kappa shape index (κ2) is 10.4. The van der Waals surface area contributed by atoms with Gasteiger partial charge in [0.05, 0.1) is 12.6 Å². The monoisotopic (exact) mass is 571 g/mol. The van der Waals surface area contributed by atoms with Crippen molar-refractivity contribution in [3.63, 3.8) is 0 Å². The number of aryl methyl sites for hydroxylation is 1. The normalized spacial score (nSPS) is 17.8. The molecule has 1 aromatic heterocycles. The molecule has 0 saturated heterocycles. The van der Waals surface area contributed by atoms with Crippen LogP contribution in [0.5, 0.6) is 5.75 Å². The Labute approximate surface area is 250 Å². The van der Waals surface area contributed by atoms with Gasteiger partial charge >= 0.3 is 0 Å². The van der Waals surface area contributed by atoms with E-state index in [1.807, 2.05) is 53.2 Å². The summed E-state index contributed by atoms with van der Waals surface area (Å²) in [5.41, 5.74) is 4.20. The van der Waals surface area contributed by atoms with Gasteiger partial charge in [0.25, 0.3) is 11.8 Å². The Morgan fingerprint density at radius 3 is 2.49 bits per heavy atom. The number of imide groups is 1. The van der Waals surface area contributed by atoms with Crippen LogP contribution in [0.1, 0.15) is 17.7 Å². The van der Waals surface area contributed by atoms with Gasteiger partial charge in [0.2, 0.25) is 0 Å². The zero-order chi connectivity index (χ0) is 29.7. The summed E-state index contributed by atoms with van der Waals surface area (Å²) in [6.07, 6.45) is 3.64. The maximum absolute atomic E-state index is 13.6. The number of carbonyl (C=O) groups is 2. The van der Waals surface area contributed by atoms with E-state index in [2.05, 4.69) is 54.6 Å². The number of amides is 2. The van der Waals surface area contributed by atoms with Gasteiger partial charge in [-0.15, -0.1) is 0 Å². The highest BCUT2D eigenvalue weighted by atomic mass is 16.5. The number of nitrogens with zero attached hydrogens (tertiary/aromatic N) is 4. The fourth-order valence-electron chi connectivity index (χ4n) is 6.63. The average molecular weight is 572 g/mol. The molecule has 4 aromatic carbocycles. The third-order valence-corrected chi connectivity index (χ3v) is 8.59. The molecule has 0 aliphatic carbocycles. The molecule has 2 amide bonds. The first-order valence-electron chi connectivity index (χ1n) is 14.5. The van der Waals surface area contributed by atoms with E-state index >= 15 is 0 Å². The van der Waals surface area contributed by atoms with Crippen LogP contribution in [-0.2, 0) is 21.7 Å². The molecule has 5 aromatic rings. The van der Waals surface area contributed by atoms with Crippen LogP contribution in [0.15, 0.2) is 91.0 Å². The summed E-state index contributed by atoms with van der Waals surface area (Å²) in [5.74, 6) is 0.119. The maximum atomic E-state index is 13.6. The van der Waals surface area contributed by atoms with Crippen LogP contribution >= 0.6 is 0 Å². The van der Waals surface area contributed by atoms with Gasteiger partial charge in [-0.25, -0.2) is 0 Å². The Hall–Kier alpha value is -4.95. The first-order chi connectivity index (χ1) is 20.9. The number of ether oxygens (including phenoxy) is 1. The van der Waals surface area contributed by atoms with Gasteiger partial charge in [-0.2, -0.15) is 5.10 Å². The highest BCUT2D eigenvalue weighted by Crippen LogP contribution is 2.51. The summed E-state index contributed by atoms with van der Waals surface area (Å²) in [6, 6.07) is 26.5. The number of hydrogen-bond donors (Lipinski definition) is 1. The van der Waals surface area contributed by atoms with Crippen molar-refractivity contribution in [2.24, 2.45) is 0 Å². The van der Waals surface area contributed by atoms with Gasteiger partial charge < -0.3 is 15.0 Å². The molecule has 1 unspecified atom stereocenters. The SMILES string of the molecule is COc1ccc2cc(-c3cccc4c3C(c3nn(CCCN(C)C)c5ccccc35)(N3C(=O)C=CC3=O)CN4)ccc2c1. The fraction of sp³-hybridized carbons (Fsp3) is 0.229. The number of benzene rings is 4. The van der Waals surface area contributed by atoms with Gasteiger partial charge in [-0.05, 0) is 79.3 Å². The molecular weight excluding hydrogens is 538 g/mol. The van der Waals surface area contributed by atoms with Gasteiger partial charge in [0, 0.05) is 41.9 Å². The van der Waals surface area contributed by atoms with Crippen LogP contribution in [0, 0.1) is 0 Å². The van der Waals surface area contributed by atoms with Crippen LogP contribution in [-0.4, -0.2) is 65.7 Å². The molecule has 2 aliphatic rings. The first-order valence-corrected chi connectivity index (χ1v) is 14.5. The Morgan fingerprint density at radius 1 is 0.930 bits per heavy atom. The van der Waals surface area contributed by atoms with Crippen molar-refractivity contribution in [1.82, 2.24) is 19.6 Å². The van der Waals surface area contributed by atoms with Crippen LogP contribution in [0.2, 0.25) is 0 Å². The van der Waals surface area contributed by atoms with E-state index in [-0.39, 0.29) is 11.8 Å². The van der Waals surface area contributed by atoms with Crippen molar-refractivity contribution in [3.8, 4) is 16.9 Å². The Bertz CT molecular complexity index is 1920. The minimum atomic E-state index is -1.16. The van der Waals surface area contributed by atoms with Gasteiger partial charge in [-0.1, -0.05) is 48.5 Å². The van der Waals surface area contributed by atoms with Crippen molar-refractivity contribution < 1.29 is 14.3 Å². The minimum absolute atomic E-state index is 0.321. The smallest absolute Gasteiger partial charge is 0.254 e. The summed E-state index contributed by atoms with van der Waals surface area (Å²) >= 11 is 0. The summed E-state index contributed by atoms with van der Waals surface area (Å²) in [5, 5.41) is 11.8. The summed E-state index contributed by atoms with van der Waals surface area (Å²) in [4.78, 5) is 30.7. The van der Waals surface area contributed by atoms with E-state index in [1.54, 1.807) is 7.11 Å². The third-order valence-electron chi connectivity index (χ3n) is 8.59. The summed E-state index contributed by atoms with van der Waals surface area (Å²) in [7, 11) is 5.79. The zero-order valence-electron chi connectivity index (χ0n) is 24.5. The maximum Gasteiger partial charge on any atom is 0.254 e. The van der Waals surface area contributed by atoms with Crippen molar-refractivity contribution in [2.75, 3.05) is 39.6 Å². The first kappa shape index (κ1) is 26.9. The van der Waals surface area contributed by atoms with Gasteiger partial charge in [0.15, 0.2) is 0 Å². The van der Waals surface area contributed by atoms with Gasteiger partial charge in [0.1, 0.15) is 17.0 Å². The highest BCUT2D eigenvalue weighted by molar-refractivity contribution is 6.14. The zero-order valence-corrected chi connectivity index (χ0v) is 24.5. The van der Waals surface area contributed by atoms with E-state index in [0.29, 0.717) is 18.8 Å². The lowest BCUT2D eigenvalue weighted by atomic mass is 9.80. The largest absolute Gasteiger partial charge is 0.497 e. The van der Waals surface area contributed by atoms with Crippen LogP contribution in [0.4, 0.5) is 5.69 Å². The number of carbonyl (C=O) groups excluding carboxylic acids is 2. The van der Waals surface area contributed by atoms with Crippen molar-refractivity contribution in [2.45, 2.75) is 18.5 Å². The van der Waals surface area contributed by atoms with Crippen molar-refractivity contribution >= 4 is 39.2 Å². The molecule has 8 nitrogen and oxygen atoms in total. The Kier molecular flexibility index (Phi) is 6.51. The lowest BCUT2D eigenvalue weighted by Crippen LogP contribution is -2.52. The number of anilines is 1. The molecule has 3 heterocycles. The van der Waals surface area contributed by atoms with E-state index in [9.17, 15) is 9.59 Å². The molecular formula is C35H33N5O3. The molecule has 7 rings (SSSR count). The molecule has 8 heteroatoms. The Balaban J connectivity index is 1.47. The number of hydrogen-bond acceptors (Lipinski definition) is 6. The standard InChI is InChI=1S/C35H33N5O3/c1-38(2)18-7-19-39-30-11-5-4-8-28(30)34(37-39)35(40-31(41)16-17-32(40)42)22-36-29-10-6-9-27(33(29)35)25-13-12-24-21-26(43-3)15-14-23(24)20-25/h4-6,8-17,20-21,36H,7,18-19,22H2,1-3H3. The van der Waals surface area contributed by atoms with E-state index < -0.39 is 5.54 Å². The minimum Gasteiger partial charge on any atom is -0.497 e. The number of nitrogens with one attached hydrogen (secondary N) is 1. The molecule has 2 aliphatic heterocycles. The lowest BCUT2D eigenvalue weighted by Gasteiger charge is -2.37. The number of rotatable bonds is 8. The summed E-state index contributed by atoms with van der Waals surface area (Å²) in [6.45, 7) is 1.96.